The first-order valence-electron chi connectivity index (χ1n) is 5.00. The molecular formula is C11H20. The second kappa shape index (κ2) is 4.58. The molecule has 64 valence electrons. The molecule has 0 aromatic heterocycles. The molecule has 0 aromatic carbocycles. The number of hydrogen-bond donors (Lipinski definition) is 0. The predicted molar refractivity (Wildman–Crippen MR) is 50.6 cm³/mol. The molecule has 0 nitrogen and oxygen atoms in total. The first-order chi connectivity index (χ1) is 5.33. The van der Waals surface area contributed by atoms with Crippen molar-refractivity contribution in [2.45, 2.75) is 52.4 Å². The Bertz CT molecular complexity index is 133. The zero-order valence-electron chi connectivity index (χ0n) is 7.90. The molecule has 0 saturated heterocycles. The summed E-state index contributed by atoms with van der Waals surface area (Å²) in [5.74, 6) is 0.920. The lowest BCUT2D eigenvalue weighted by Gasteiger charge is -2.18. The fraction of sp³-hybridized carbons (Fsp3) is 0.818. The fourth-order valence-corrected chi connectivity index (χ4v) is 1.91. The molecule has 0 bridgehead atoms. The summed E-state index contributed by atoms with van der Waals surface area (Å²) < 4.78 is 0. The van der Waals surface area contributed by atoms with E-state index in [9.17, 15) is 0 Å². The maximum absolute atomic E-state index is 2.50. The summed E-state index contributed by atoms with van der Waals surface area (Å²) in [6.07, 6.45) is 10.9. The van der Waals surface area contributed by atoms with Crippen molar-refractivity contribution in [1.82, 2.24) is 0 Å². The van der Waals surface area contributed by atoms with Gasteiger partial charge in [0, 0.05) is 0 Å². The molecule has 0 spiro atoms. The van der Waals surface area contributed by atoms with Crippen LogP contribution in [0.15, 0.2) is 11.6 Å². The lowest BCUT2D eigenvalue weighted by Crippen LogP contribution is -2.02. The molecule has 0 radical (unpaired) electrons. The van der Waals surface area contributed by atoms with E-state index in [1.54, 1.807) is 5.57 Å². The van der Waals surface area contributed by atoms with Crippen molar-refractivity contribution in [3.05, 3.63) is 11.6 Å². The molecule has 11 heavy (non-hydrogen) atoms. The van der Waals surface area contributed by atoms with Crippen LogP contribution in [0.4, 0.5) is 0 Å². The number of rotatable bonds is 3. The van der Waals surface area contributed by atoms with Gasteiger partial charge in [0.25, 0.3) is 0 Å². The van der Waals surface area contributed by atoms with Crippen LogP contribution in [-0.4, -0.2) is 0 Å². The van der Waals surface area contributed by atoms with E-state index in [1.165, 1.54) is 38.5 Å². The van der Waals surface area contributed by atoms with Crippen LogP contribution in [0.5, 0.6) is 0 Å². The molecule has 1 aliphatic rings. The normalized spacial score (nSPS) is 24.9. The van der Waals surface area contributed by atoms with Gasteiger partial charge in [-0.25, -0.2) is 0 Å². The van der Waals surface area contributed by atoms with E-state index in [0.717, 1.165) is 5.92 Å². The average Bonchev–Trinajstić information content (AvgIpc) is 2.01. The van der Waals surface area contributed by atoms with Gasteiger partial charge < -0.3 is 0 Å². The molecule has 1 rings (SSSR count). The summed E-state index contributed by atoms with van der Waals surface area (Å²) in [5.41, 5.74) is 1.62. The number of allylic oxidation sites excluding steroid dienone is 2. The molecule has 0 fully saturated rings. The smallest absolute Gasteiger partial charge is 0.0231 e. The zero-order valence-corrected chi connectivity index (χ0v) is 7.90. The van der Waals surface area contributed by atoms with Crippen LogP contribution >= 0.6 is 0 Å². The van der Waals surface area contributed by atoms with Crippen LogP contribution in [0.2, 0.25) is 0 Å². The fourth-order valence-electron chi connectivity index (χ4n) is 1.91. The van der Waals surface area contributed by atoms with Gasteiger partial charge in [0.2, 0.25) is 0 Å². The van der Waals surface area contributed by atoms with E-state index in [4.69, 9.17) is 0 Å². The van der Waals surface area contributed by atoms with Crippen molar-refractivity contribution in [1.29, 1.82) is 0 Å². The molecule has 1 atom stereocenters. The van der Waals surface area contributed by atoms with Crippen LogP contribution in [0, 0.1) is 5.92 Å². The van der Waals surface area contributed by atoms with Crippen molar-refractivity contribution < 1.29 is 0 Å². The van der Waals surface area contributed by atoms with Gasteiger partial charge in [-0.15, -0.1) is 0 Å². The lowest BCUT2D eigenvalue weighted by molar-refractivity contribution is 0.477. The Morgan fingerprint density at radius 2 is 2.36 bits per heavy atom. The second-order valence-electron chi connectivity index (χ2n) is 3.81. The minimum Gasteiger partial charge on any atom is -0.0825 e. The van der Waals surface area contributed by atoms with Gasteiger partial charge in [-0.2, -0.15) is 0 Å². The molecule has 0 saturated carbocycles. The molecule has 0 aliphatic heterocycles. The van der Waals surface area contributed by atoms with Crippen LogP contribution in [0.3, 0.4) is 0 Å². The van der Waals surface area contributed by atoms with Gasteiger partial charge in [0.15, 0.2) is 0 Å². The average molecular weight is 152 g/mol. The van der Waals surface area contributed by atoms with Crippen LogP contribution < -0.4 is 0 Å². The highest BCUT2D eigenvalue weighted by Gasteiger charge is 2.09. The summed E-state index contributed by atoms with van der Waals surface area (Å²) in [4.78, 5) is 0. The highest BCUT2D eigenvalue weighted by atomic mass is 14.2. The van der Waals surface area contributed by atoms with Crippen molar-refractivity contribution in [2.24, 2.45) is 5.92 Å². The lowest BCUT2D eigenvalue weighted by atomic mass is 9.88. The highest BCUT2D eigenvalue weighted by molar-refractivity contribution is 5.04. The Hall–Kier alpha value is -0.260. The second-order valence-corrected chi connectivity index (χ2v) is 3.81. The zero-order chi connectivity index (χ0) is 8.10. The van der Waals surface area contributed by atoms with E-state index in [2.05, 4.69) is 19.9 Å². The summed E-state index contributed by atoms with van der Waals surface area (Å²) in [5, 5.41) is 0. The van der Waals surface area contributed by atoms with E-state index in [1.807, 2.05) is 0 Å². The third-order valence-electron chi connectivity index (χ3n) is 2.59. The minimum atomic E-state index is 0.920. The van der Waals surface area contributed by atoms with E-state index < -0.39 is 0 Å². The molecule has 1 aliphatic carbocycles. The molecular weight excluding hydrogens is 132 g/mol. The van der Waals surface area contributed by atoms with Crippen molar-refractivity contribution >= 4 is 0 Å². The molecule has 0 amide bonds. The maximum atomic E-state index is 2.50. The van der Waals surface area contributed by atoms with E-state index >= 15 is 0 Å². The van der Waals surface area contributed by atoms with Crippen molar-refractivity contribution in [2.75, 3.05) is 0 Å². The Labute approximate surface area is 70.7 Å². The SMILES string of the molecule is CCCCC1C=C(C)CCC1. The van der Waals surface area contributed by atoms with Crippen molar-refractivity contribution in [3.63, 3.8) is 0 Å². The maximum Gasteiger partial charge on any atom is -0.0231 e. The molecule has 0 aromatic rings. The molecule has 0 N–H and O–H groups in total. The van der Waals surface area contributed by atoms with Gasteiger partial charge in [-0.1, -0.05) is 31.4 Å². The standard InChI is InChI=1S/C11H20/c1-3-4-7-11-8-5-6-10(2)9-11/h9,11H,3-8H2,1-2H3. The summed E-state index contributed by atoms with van der Waals surface area (Å²) in [6.45, 7) is 4.55. The molecule has 0 heterocycles. The highest BCUT2D eigenvalue weighted by Crippen LogP contribution is 2.25. The molecule has 1 unspecified atom stereocenters. The van der Waals surface area contributed by atoms with Crippen molar-refractivity contribution in [3.8, 4) is 0 Å². The van der Waals surface area contributed by atoms with E-state index in [-0.39, 0.29) is 0 Å². The Kier molecular flexibility index (Phi) is 3.68. The number of unbranched alkanes of at least 4 members (excludes halogenated alkanes) is 1. The van der Waals surface area contributed by atoms with E-state index in [0.29, 0.717) is 0 Å². The van der Waals surface area contributed by atoms with Crippen LogP contribution in [0.25, 0.3) is 0 Å². The topological polar surface area (TPSA) is 0 Å². The summed E-state index contributed by atoms with van der Waals surface area (Å²) >= 11 is 0. The summed E-state index contributed by atoms with van der Waals surface area (Å²) in [7, 11) is 0. The van der Waals surface area contributed by atoms with Crippen LogP contribution in [0.1, 0.15) is 52.4 Å². The van der Waals surface area contributed by atoms with Gasteiger partial charge >= 0.3 is 0 Å². The van der Waals surface area contributed by atoms with Gasteiger partial charge in [-0.3, -0.25) is 0 Å². The minimum absolute atomic E-state index is 0.920. The summed E-state index contributed by atoms with van der Waals surface area (Å²) in [6, 6.07) is 0. The quantitative estimate of drug-likeness (QED) is 0.538. The first kappa shape index (κ1) is 8.83. The predicted octanol–water partition coefficient (Wildman–Crippen LogP) is 3.92. The Balaban J connectivity index is 2.28. The Morgan fingerprint density at radius 3 is 3.00 bits per heavy atom. The monoisotopic (exact) mass is 152 g/mol. The number of hydrogen-bond acceptors (Lipinski definition) is 0. The van der Waals surface area contributed by atoms with Gasteiger partial charge in [-0.05, 0) is 38.5 Å². The third kappa shape index (κ3) is 3.09. The molecule has 0 heteroatoms. The van der Waals surface area contributed by atoms with Crippen LogP contribution in [-0.2, 0) is 0 Å². The third-order valence-corrected chi connectivity index (χ3v) is 2.59. The first-order valence-corrected chi connectivity index (χ1v) is 5.00. The van der Waals surface area contributed by atoms with Gasteiger partial charge in [0.1, 0.15) is 0 Å². The van der Waals surface area contributed by atoms with Gasteiger partial charge in [0.05, 0.1) is 0 Å². The largest absolute Gasteiger partial charge is 0.0825 e. The Morgan fingerprint density at radius 1 is 1.55 bits per heavy atom.